The van der Waals surface area contributed by atoms with Crippen LogP contribution in [0.3, 0.4) is 0 Å². The minimum absolute atomic E-state index is 0.170. The van der Waals surface area contributed by atoms with Gasteiger partial charge in [0.1, 0.15) is 6.61 Å². The van der Waals surface area contributed by atoms with Gasteiger partial charge in [0.15, 0.2) is 5.78 Å². The van der Waals surface area contributed by atoms with Crippen molar-refractivity contribution < 1.29 is 28.1 Å². The highest BCUT2D eigenvalue weighted by Crippen LogP contribution is 2.19. The van der Waals surface area contributed by atoms with Crippen LogP contribution in [0.4, 0.5) is 10.1 Å². The van der Waals surface area contributed by atoms with E-state index in [-0.39, 0.29) is 5.56 Å². The molecule has 0 bridgehead atoms. The minimum Gasteiger partial charge on any atom is -0.326 e. The smallest absolute Gasteiger partial charge is 0.317 e. The molecule has 0 spiro atoms. The Morgan fingerprint density at radius 3 is 2.71 bits per heavy atom. The summed E-state index contributed by atoms with van der Waals surface area (Å²) in [5.41, 5.74) is -0.922. The fourth-order valence-electron chi connectivity index (χ4n) is 1.04. The maximum absolute atomic E-state index is 13.1. The third kappa shape index (κ3) is 3.70. The van der Waals surface area contributed by atoms with Crippen LogP contribution in [-0.4, -0.2) is 22.2 Å². The van der Waals surface area contributed by atoms with E-state index >= 15 is 0 Å². The predicted molar refractivity (Wildman–Crippen MR) is 54.6 cm³/mol. The fraction of sp³-hybridized carbons (Fsp3) is 0.125. The van der Waals surface area contributed by atoms with Crippen LogP contribution in [0.2, 0.25) is 0 Å². The lowest BCUT2D eigenvalue weighted by Crippen LogP contribution is -2.07. The van der Waals surface area contributed by atoms with Crippen molar-refractivity contribution in [3.8, 4) is 0 Å². The van der Waals surface area contributed by atoms with Gasteiger partial charge in [-0.25, -0.2) is 0 Å². The van der Waals surface area contributed by atoms with Crippen molar-refractivity contribution in [1.82, 2.24) is 0 Å². The van der Waals surface area contributed by atoms with Crippen LogP contribution >= 0.6 is 8.25 Å². The number of rotatable bonds is 5. The zero-order valence-corrected chi connectivity index (χ0v) is 9.25. The molecule has 92 valence electrons. The minimum atomic E-state index is -3.24. The largest absolute Gasteiger partial charge is 0.326 e. The predicted octanol–water partition coefficient (Wildman–Crippen LogP) is 1.32. The van der Waals surface area contributed by atoms with Gasteiger partial charge in [-0.2, -0.15) is 4.39 Å². The SMILES string of the molecule is O=C(CO[PH](=O)O)c1ccc([N+](=O)[O-])c(F)c1. The van der Waals surface area contributed by atoms with Gasteiger partial charge in [0.2, 0.25) is 5.82 Å². The molecule has 0 heterocycles. The monoisotopic (exact) mass is 263 g/mol. The molecule has 0 aliphatic rings. The number of nitro groups is 1. The van der Waals surface area contributed by atoms with Gasteiger partial charge in [0, 0.05) is 11.6 Å². The molecular formula is C8H7FNO6P. The maximum atomic E-state index is 13.1. The van der Waals surface area contributed by atoms with Crippen molar-refractivity contribution >= 4 is 19.7 Å². The molecule has 0 saturated heterocycles. The number of nitrogens with zero attached hydrogens (tertiary/aromatic N) is 1. The Kier molecular flexibility index (Phi) is 4.45. The van der Waals surface area contributed by atoms with Crippen molar-refractivity contribution in [2.24, 2.45) is 0 Å². The molecule has 1 N–H and O–H groups in total. The number of carbonyl (C=O) groups excluding carboxylic acids is 1. The first-order valence-electron chi connectivity index (χ1n) is 4.24. The summed E-state index contributed by atoms with van der Waals surface area (Å²) in [7, 11) is -3.24. The van der Waals surface area contributed by atoms with Crippen LogP contribution in [-0.2, 0) is 9.09 Å². The van der Waals surface area contributed by atoms with E-state index in [4.69, 9.17) is 4.89 Å². The normalized spacial score (nSPS) is 12.1. The first kappa shape index (κ1) is 13.4. The number of halogens is 1. The van der Waals surface area contributed by atoms with Crippen molar-refractivity contribution in [2.75, 3.05) is 6.61 Å². The zero-order valence-electron chi connectivity index (χ0n) is 8.25. The molecule has 1 atom stereocenters. The summed E-state index contributed by atoms with van der Waals surface area (Å²) in [4.78, 5) is 29.0. The molecule has 1 aromatic carbocycles. The molecule has 1 unspecified atom stereocenters. The Hall–Kier alpha value is -1.63. The Morgan fingerprint density at radius 2 is 2.24 bits per heavy atom. The second-order valence-electron chi connectivity index (χ2n) is 2.90. The zero-order chi connectivity index (χ0) is 13.0. The Balaban J connectivity index is 2.86. The van der Waals surface area contributed by atoms with E-state index in [0.717, 1.165) is 12.1 Å². The molecule has 0 aliphatic heterocycles. The van der Waals surface area contributed by atoms with Gasteiger partial charge in [0.05, 0.1) is 4.92 Å². The average Bonchev–Trinajstić information content (AvgIpc) is 2.25. The van der Waals surface area contributed by atoms with E-state index in [1.807, 2.05) is 0 Å². The fourth-order valence-corrected chi connectivity index (χ4v) is 1.29. The molecule has 0 aromatic heterocycles. The highest BCUT2D eigenvalue weighted by atomic mass is 31.1. The first-order valence-corrected chi connectivity index (χ1v) is 5.51. The molecule has 9 heteroatoms. The summed E-state index contributed by atoms with van der Waals surface area (Å²) < 4.78 is 27.5. The van der Waals surface area contributed by atoms with Gasteiger partial charge in [-0.15, -0.1) is 0 Å². The molecule has 1 rings (SSSR count). The molecule has 0 aliphatic carbocycles. The summed E-state index contributed by atoms with van der Waals surface area (Å²) in [5.74, 6) is -1.90. The van der Waals surface area contributed by atoms with Crippen LogP contribution in [0.15, 0.2) is 18.2 Å². The van der Waals surface area contributed by atoms with E-state index in [0.29, 0.717) is 6.07 Å². The number of carbonyl (C=O) groups is 1. The summed E-state index contributed by atoms with van der Waals surface area (Å²) in [6, 6.07) is 2.56. The van der Waals surface area contributed by atoms with Gasteiger partial charge in [0.25, 0.3) is 0 Å². The topological polar surface area (TPSA) is 107 Å². The lowest BCUT2D eigenvalue weighted by atomic mass is 10.1. The van der Waals surface area contributed by atoms with Crippen LogP contribution in [0, 0.1) is 15.9 Å². The third-order valence-corrected chi connectivity index (χ3v) is 2.18. The van der Waals surface area contributed by atoms with Crippen molar-refractivity contribution in [3.05, 3.63) is 39.7 Å². The summed E-state index contributed by atoms with van der Waals surface area (Å²) in [6.45, 7) is -0.689. The first-order chi connectivity index (χ1) is 7.91. The highest BCUT2D eigenvalue weighted by molar-refractivity contribution is 7.32. The lowest BCUT2D eigenvalue weighted by molar-refractivity contribution is -0.387. The van der Waals surface area contributed by atoms with Gasteiger partial charge < -0.3 is 9.42 Å². The molecule has 0 amide bonds. The molecule has 0 saturated carbocycles. The number of nitro benzene ring substituents is 1. The van der Waals surface area contributed by atoms with Gasteiger partial charge in [-0.3, -0.25) is 19.5 Å². The quantitative estimate of drug-likeness (QED) is 0.371. The summed E-state index contributed by atoms with van der Waals surface area (Å²) in [6.07, 6.45) is 0. The second-order valence-corrected chi connectivity index (χ2v) is 3.72. The van der Waals surface area contributed by atoms with Crippen LogP contribution in [0.5, 0.6) is 0 Å². The van der Waals surface area contributed by atoms with Crippen molar-refractivity contribution in [2.45, 2.75) is 0 Å². The molecule has 7 nitrogen and oxygen atoms in total. The van der Waals surface area contributed by atoms with Crippen LogP contribution in [0.25, 0.3) is 0 Å². The molecule has 17 heavy (non-hydrogen) atoms. The van der Waals surface area contributed by atoms with E-state index in [1.165, 1.54) is 0 Å². The average molecular weight is 263 g/mol. The Morgan fingerprint density at radius 1 is 1.59 bits per heavy atom. The van der Waals surface area contributed by atoms with E-state index in [9.17, 15) is 23.9 Å². The van der Waals surface area contributed by atoms with Crippen LogP contribution < -0.4 is 0 Å². The number of benzene rings is 1. The number of hydrogen-bond acceptors (Lipinski definition) is 5. The molecular weight excluding hydrogens is 256 g/mol. The number of Topliss-reactive ketones (excluding diaryl/α,β-unsaturated/α-hetero) is 1. The Labute approximate surface area is 94.9 Å². The summed E-state index contributed by atoms with van der Waals surface area (Å²) >= 11 is 0. The van der Waals surface area contributed by atoms with Crippen molar-refractivity contribution in [1.29, 1.82) is 0 Å². The lowest BCUT2D eigenvalue weighted by Gasteiger charge is -2.01. The van der Waals surface area contributed by atoms with E-state index in [1.54, 1.807) is 0 Å². The molecule has 1 aromatic rings. The molecule has 0 radical (unpaired) electrons. The number of ketones is 1. The standard InChI is InChI=1S/C8H7FNO6P/c9-6-3-5(1-2-7(6)10(12)13)8(11)4-16-17(14)15/h1-3,17H,4H2,(H,14,15). The number of hydrogen-bond donors (Lipinski definition) is 1. The Bertz CT molecular complexity index is 491. The van der Waals surface area contributed by atoms with Gasteiger partial charge in [-0.05, 0) is 12.1 Å². The second kappa shape index (κ2) is 5.62. The van der Waals surface area contributed by atoms with Gasteiger partial charge >= 0.3 is 13.9 Å². The highest BCUT2D eigenvalue weighted by Gasteiger charge is 2.16. The van der Waals surface area contributed by atoms with E-state index < -0.39 is 37.1 Å². The maximum Gasteiger partial charge on any atom is 0.317 e. The summed E-state index contributed by atoms with van der Waals surface area (Å²) in [5, 5.41) is 10.3. The van der Waals surface area contributed by atoms with Gasteiger partial charge in [-0.1, -0.05) is 0 Å². The van der Waals surface area contributed by atoms with Crippen molar-refractivity contribution in [3.63, 3.8) is 0 Å². The molecule has 0 fully saturated rings. The third-order valence-electron chi connectivity index (χ3n) is 1.79. The van der Waals surface area contributed by atoms with Crippen LogP contribution in [0.1, 0.15) is 10.4 Å². The van der Waals surface area contributed by atoms with E-state index in [2.05, 4.69) is 4.52 Å².